The number of hydrogen-bond donors (Lipinski definition) is 0. The van der Waals surface area contributed by atoms with Crippen LogP contribution in [-0.4, -0.2) is 30.4 Å². The maximum atomic E-state index is 17.1. The van der Waals surface area contributed by atoms with Crippen molar-refractivity contribution in [1.29, 1.82) is 0 Å². The molecule has 0 unspecified atom stereocenters. The number of benzene rings is 5. The minimum Gasteiger partial charge on any atom is -0.389 e. The van der Waals surface area contributed by atoms with Crippen molar-refractivity contribution in [2.75, 3.05) is 14.1 Å². The fraction of sp³-hybridized carbons (Fsp3) is 0.0645. The third-order valence-corrected chi connectivity index (χ3v) is 7.89. The van der Waals surface area contributed by atoms with Crippen LogP contribution in [-0.2, 0) is 0 Å². The zero-order valence-corrected chi connectivity index (χ0v) is 20.4. The monoisotopic (exact) mass is 485 g/mol. The van der Waals surface area contributed by atoms with Gasteiger partial charge >= 0.3 is 6.97 Å². The van der Waals surface area contributed by atoms with Gasteiger partial charge in [0.1, 0.15) is 0 Å². The molecule has 0 bridgehead atoms. The minimum atomic E-state index is -4.20. The Hall–Kier alpha value is -4.45. The van der Waals surface area contributed by atoms with Crippen molar-refractivity contribution in [3.05, 3.63) is 112 Å². The predicted octanol–water partition coefficient (Wildman–Crippen LogP) is 5.57. The van der Waals surface area contributed by atoms with E-state index in [1.54, 1.807) is 0 Å². The van der Waals surface area contributed by atoms with E-state index in [0.717, 1.165) is 48.7 Å². The molecule has 2 aliphatic heterocycles. The SMILES string of the molecule is CN(C)/C=c1\c2ccccc2c2n1[B-](F)(F)[N+]1=c3c(c4ccccc4cc3=2)-c2c1ccc1ccccc21. The van der Waals surface area contributed by atoms with Gasteiger partial charge in [0, 0.05) is 47.8 Å². The Morgan fingerprint density at radius 2 is 1.35 bits per heavy atom. The average molecular weight is 485 g/mol. The van der Waals surface area contributed by atoms with Gasteiger partial charge in [-0.3, -0.25) is 0 Å². The first kappa shape index (κ1) is 20.7. The topological polar surface area (TPSA) is 11.2 Å². The number of fused-ring (bicyclic) bond motifs is 10. The molecular formula is C31H22BF2N3. The molecule has 6 aromatic rings. The van der Waals surface area contributed by atoms with Crippen molar-refractivity contribution in [3.8, 4) is 11.1 Å². The average Bonchev–Trinajstić information content (AvgIpc) is 3.43. The number of hydrogen-bond acceptors (Lipinski definition) is 1. The Balaban J connectivity index is 1.77. The van der Waals surface area contributed by atoms with Gasteiger partial charge in [-0.05, 0) is 33.7 Å². The molecule has 6 heteroatoms. The van der Waals surface area contributed by atoms with Crippen LogP contribution in [0.2, 0.25) is 0 Å². The Bertz CT molecular complexity index is 2210. The van der Waals surface area contributed by atoms with E-state index in [0.29, 0.717) is 21.7 Å². The lowest BCUT2D eigenvalue weighted by molar-refractivity contribution is 0.513. The van der Waals surface area contributed by atoms with Gasteiger partial charge in [-0.1, -0.05) is 72.8 Å². The first-order valence-electron chi connectivity index (χ1n) is 12.5. The van der Waals surface area contributed by atoms with E-state index in [2.05, 4.69) is 18.2 Å². The summed E-state index contributed by atoms with van der Waals surface area (Å²) in [5, 5.41) is 8.32. The summed E-state index contributed by atoms with van der Waals surface area (Å²) in [6, 6.07) is 29.9. The Labute approximate surface area is 211 Å². The van der Waals surface area contributed by atoms with E-state index in [1.807, 2.05) is 98.0 Å². The molecule has 0 saturated heterocycles. The second-order valence-electron chi connectivity index (χ2n) is 10.3. The summed E-state index contributed by atoms with van der Waals surface area (Å²) in [5.41, 5.74) is 2.35. The van der Waals surface area contributed by atoms with Crippen LogP contribution in [0.1, 0.15) is 0 Å². The lowest BCUT2D eigenvalue weighted by atomic mass is 9.92. The zero-order valence-electron chi connectivity index (χ0n) is 20.4. The quantitative estimate of drug-likeness (QED) is 0.277. The van der Waals surface area contributed by atoms with Crippen LogP contribution < -0.4 is 15.2 Å². The molecule has 8 rings (SSSR count). The highest BCUT2D eigenvalue weighted by Crippen LogP contribution is 2.44. The summed E-state index contributed by atoms with van der Waals surface area (Å²) in [4.78, 5) is 1.84. The Morgan fingerprint density at radius 3 is 2.08 bits per heavy atom. The summed E-state index contributed by atoms with van der Waals surface area (Å²) in [6.45, 7) is -4.20. The lowest BCUT2D eigenvalue weighted by Gasteiger charge is -2.26. The second-order valence-corrected chi connectivity index (χ2v) is 10.3. The molecular weight excluding hydrogens is 463 g/mol. The van der Waals surface area contributed by atoms with Crippen LogP contribution in [0.3, 0.4) is 0 Å². The molecule has 3 heterocycles. The smallest absolute Gasteiger partial charge is 0.389 e. The third-order valence-electron chi connectivity index (χ3n) is 7.89. The van der Waals surface area contributed by atoms with E-state index in [9.17, 15) is 0 Å². The first-order chi connectivity index (χ1) is 18.0. The molecule has 0 aliphatic carbocycles. The van der Waals surface area contributed by atoms with E-state index in [-0.39, 0.29) is 0 Å². The van der Waals surface area contributed by atoms with E-state index < -0.39 is 6.97 Å². The van der Waals surface area contributed by atoms with Gasteiger partial charge in [-0.25, -0.2) is 0 Å². The van der Waals surface area contributed by atoms with Gasteiger partial charge in [0.15, 0.2) is 11.0 Å². The van der Waals surface area contributed by atoms with E-state index in [4.69, 9.17) is 0 Å². The molecule has 178 valence electrons. The molecule has 0 N–H and O–H groups in total. The number of rotatable bonds is 1. The highest BCUT2D eigenvalue weighted by molar-refractivity contribution is 6.64. The molecule has 3 nitrogen and oxygen atoms in total. The highest BCUT2D eigenvalue weighted by Gasteiger charge is 2.52. The van der Waals surface area contributed by atoms with Crippen molar-refractivity contribution in [3.63, 3.8) is 0 Å². The van der Waals surface area contributed by atoms with Gasteiger partial charge < -0.3 is 22.5 Å². The largest absolute Gasteiger partial charge is 0.738 e. The van der Waals surface area contributed by atoms with Crippen LogP contribution in [0.15, 0.2) is 91.0 Å². The maximum absolute atomic E-state index is 17.1. The normalized spacial score (nSPS) is 15.4. The Kier molecular flexibility index (Phi) is 3.84. The number of halogens is 2. The summed E-state index contributed by atoms with van der Waals surface area (Å²) in [5.74, 6) is 0. The second kappa shape index (κ2) is 6.86. The molecule has 0 amide bonds. The molecule has 0 saturated carbocycles. The van der Waals surface area contributed by atoms with Gasteiger partial charge in [-0.2, -0.15) is 0 Å². The Morgan fingerprint density at radius 1 is 0.730 bits per heavy atom. The van der Waals surface area contributed by atoms with Crippen molar-refractivity contribution >= 4 is 51.2 Å². The molecule has 0 atom stereocenters. The fourth-order valence-electron chi connectivity index (χ4n) is 6.57. The van der Waals surface area contributed by atoms with Crippen molar-refractivity contribution in [2.24, 2.45) is 0 Å². The minimum absolute atomic E-state index is 0.523. The summed E-state index contributed by atoms with van der Waals surface area (Å²) in [6.07, 6.45) is 1.81. The van der Waals surface area contributed by atoms with Gasteiger partial charge in [0.05, 0.1) is 16.3 Å². The highest BCUT2D eigenvalue weighted by atomic mass is 19.2. The zero-order chi connectivity index (χ0) is 25.1. The van der Waals surface area contributed by atoms with Crippen LogP contribution in [0.5, 0.6) is 0 Å². The lowest BCUT2D eigenvalue weighted by Crippen LogP contribution is -2.57. The van der Waals surface area contributed by atoms with E-state index in [1.165, 1.54) is 8.96 Å². The third kappa shape index (κ3) is 2.47. The fourth-order valence-corrected chi connectivity index (χ4v) is 6.57. The van der Waals surface area contributed by atoms with Crippen molar-refractivity contribution in [1.82, 2.24) is 13.9 Å². The van der Waals surface area contributed by atoms with Gasteiger partial charge in [-0.15, -0.1) is 0 Å². The number of nitrogens with zero attached hydrogens (tertiary/aromatic N) is 3. The summed E-state index contributed by atoms with van der Waals surface area (Å²) >= 11 is 0. The first-order valence-corrected chi connectivity index (χ1v) is 12.5. The maximum Gasteiger partial charge on any atom is 0.738 e. The molecule has 2 aliphatic rings. The predicted molar refractivity (Wildman–Crippen MR) is 148 cm³/mol. The molecule has 0 radical (unpaired) electrons. The molecule has 0 spiro atoms. The van der Waals surface area contributed by atoms with Gasteiger partial charge in [0.25, 0.3) is 0 Å². The van der Waals surface area contributed by atoms with Crippen molar-refractivity contribution < 1.29 is 8.63 Å². The van der Waals surface area contributed by atoms with Crippen molar-refractivity contribution in [2.45, 2.75) is 0 Å². The summed E-state index contributed by atoms with van der Waals surface area (Å²) in [7, 11) is 3.75. The standard InChI is InChI=1S/C31H22BF2N3/c1-35(2)18-27-23-13-7-8-14-24(23)30-25-17-20-10-4-6-12-22(20)29-28-21-11-5-3-9-19(21)15-16-26(28)36(31(25)29)32(33,34)37(27)30/h3-18H,1-2H3/b27-18+. The van der Waals surface area contributed by atoms with Crippen LogP contribution >= 0.6 is 0 Å². The molecule has 5 aromatic carbocycles. The molecule has 1 aromatic heterocycles. The van der Waals surface area contributed by atoms with Crippen LogP contribution in [0.4, 0.5) is 14.3 Å². The van der Waals surface area contributed by atoms with Crippen LogP contribution in [0, 0.1) is 10.6 Å². The van der Waals surface area contributed by atoms with Gasteiger partial charge in [0.2, 0.25) is 0 Å². The van der Waals surface area contributed by atoms with E-state index >= 15 is 8.63 Å². The molecule has 0 fully saturated rings. The number of aromatic nitrogens is 1. The van der Waals surface area contributed by atoms with Crippen LogP contribution in [0.25, 0.3) is 49.6 Å². The summed E-state index contributed by atoms with van der Waals surface area (Å²) < 4.78 is 36.9. The molecule has 37 heavy (non-hydrogen) atoms.